The Morgan fingerprint density at radius 1 is 0.960 bits per heavy atom. The van der Waals surface area contributed by atoms with Crippen molar-refractivity contribution < 1.29 is 36.8 Å². The zero-order chi connectivity index (χ0) is 17.2. The van der Waals surface area contributed by atoms with E-state index >= 15 is 0 Å². The van der Waals surface area contributed by atoms with E-state index in [1.165, 1.54) is 0 Å². The standard InChI is InChI=1S/C19H17O4S.Li/c1-22-13-14-12-18(24(20,21)15-8-4-3-5-9-15)16-10-6-7-11-17(16)19(14)23-2;/h3-12H,1,13H2,2H3;/q-1;+1. The number of fused-ring (bicyclic) bond motifs is 1. The molecular weight excluding hydrogens is 331 g/mol. The molecule has 124 valence electrons. The molecule has 0 atom stereocenters. The van der Waals surface area contributed by atoms with Crippen molar-refractivity contribution in [1.82, 2.24) is 0 Å². The summed E-state index contributed by atoms with van der Waals surface area (Å²) in [5.74, 6) is 0.598. The summed E-state index contributed by atoms with van der Waals surface area (Å²) in [6.07, 6.45) is 0. The van der Waals surface area contributed by atoms with Crippen LogP contribution in [0.2, 0.25) is 0 Å². The van der Waals surface area contributed by atoms with E-state index in [4.69, 9.17) is 9.47 Å². The Labute approximate surface area is 159 Å². The monoisotopic (exact) mass is 348 g/mol. The van der Waals surface area contributed by atoms with E-state index in [1.807, 2.05) is 18.2 Å². The molecule has 25 heavy (non-hydrogen) atoms. The van der Waals surface area contributed by atoms with Gasteiger partial charge >= 0.3 is 18.9 Å². The van der Waals surface area contributed by atoms with Crippen LogP contribution >= 0.6 is 0 Å². The van der Waals surface area contributed by atoms with E-state index in [-0.39, 0.29) is 35.3 Å². The van der Waals surface area contributed by atoms with E-state index < -0.39 is 9.84 Å². The van der Waals surface area contributed by atoms with E-state index in [2.05, 4.69) is 7.11 Å². The minimum Gasteiger partial charge on any atom is -0.552 e. The van der Waals surface area contributed by atoms with Crippen LogP contribution in [0.1, 0.15) is 5.56 Å². The molecule has 6 heteroatoms. The summed E-state index contributed by atoms with van der Waals surface area (Å²) in [7, 11) is 1.27. The van der Waals surface area contributed by atoms with Crippen molar-refractivity contribution in [2.24, 2.45) is 0 Å². The largest absolute Gasteiger partial charge is 1.00 e. The maximum Gasteiger partial charge on any atom is 1.00 e. The summed E-state index contributed by atoms with van der Waals surface area (Å²) in [6.45, 7) is 0.158. The first-order valence-corrected chi connectivity index (χ1v) is 8.83. The molecule has 0 fully saturated rings. The van der Waals surface area contributed by atoms with Crippen molar-refractivity contribution in [2.45, 2.75) is 16.4 Å². The molecule has 0 unspecified atom stereocenters. The number of hydrogen-bond acceptors (Lipinski definition) is 4. The van der Waals surface area contributed by atoms with Crippen LogP contribution in [-0.4, -0.2) is 15.5 Å². The summed E-state index contributed by atoms with van der Waals surface area (Å²) in [6, 6.07) is 17.3. The Hall–Kier alpha value is -1.77. The van der Waals surface area contributed by atoms with Crippen molar-refractivity contribution in [3.63, 3.8) is 0 Å². The molecule has 0 heterocycles. The van der Waals surface area contributed by atoms with Gasteiger partial charge in [0.1, 0.15) is 5.75 Å². The number of ether oxygens (including phenoxy) is 2. The zero-order valence-corrected chi connectivity index (χ0v) is 15.0. The van der Waals surface area contributed by atoms with E-state index in [0.717, 1.165) is 5.39 Å². The smallest absolute Gasteiger partial charge is 0.552 e. The fraction of sp³-hybridized carbons (Fsp3) is 0.105. The Bertz CT molecular complexity index is 969. The first kappa shape index (κ1) is 19.6. The Kier molecular flexibility index (Phi) is 6.31. The molecule has 0 aliphatic carbocycles. The van der Waals surface area contributed by atoms with Crippen LogP contribution in [-0.2, 0) is 21.2 Å². The Morgan fingerprint density at radius 3 is 2.16 bits per heavy atom. The van der Waals surface area contributed by atoms with Gasteiger partial charge in [0.2, 0.25) is 9.84 Å². The average Bonchev–Trinajstić information content (AvgIpc) is 2.62. The van der Waals surface area contributed by atoms with Crippen molar-refractivity contribution in [3.05, 3.63) is 73.3 Å². The molecule has 3 rings (SSSR count). The van der Waals surface area contributed by atoms with Crippen LogP contribution in [0.25, 0.3) is 10.8 Å². The van der Waals surface area contributed by atoms with E-state index in [1.54, 1.807) is 49.6 Å². The Morgan fingerprint density at radius 2 is 1.56 bits per heavy atom. The number of methoxy groups -OCH3 is 1. The topological polar surface area (TPSA) is 52.6 Å². The predicted molar refractivity (Wildman–Crippen MR) is 92.5 cm³/mol. The first-order valence-electron chi connectivity index (χ1n) is 7.35. The van der Waals surface area contributed by atoms with Gasteiger partial charge < -0.3 is 9.47 Å². The number of rotatable bonds is 5. The quantitative estimate of drug-likeness (QED) is 0.510. The number of sulfone groups is 1. The molecular formula is C19H17LiO4S. The van der Waals surface area contributed by atoms with Gasteiger partial charge in [-0.05, 0) is 18.2 Å². The third-order valence-corrected chi connectivity index (χ3v) is 5.65. The molecule has 0 aliphatic rings. The van der Waals surface area contributed by atoms with Gasteiger partial charge in [-0.2, -0.15) is 0 Å². The normalized spacial score (nSPS) is 11.1. The number of benzene rings is 3. The van der Waals surface area contributed by atoms with Crippen molar-refractivity contribution in [2.75, 3.05) is 7.11 Å². The summed E-state index contributed by atoms with van der Waals surface area (Å²) >= 11 is 0. The molecule has 0 spiro atoms. The van der Waals surface area contributed by atoms with Crippen molar-refractivity contribution >= 4 is 20.6 Å². The molecule has 0 saturated carbocycles. The van der Waals surface area contributed by atoms with E-state index in [0.29, 0.717) is 16.7 Å². The van der Waals surface area contributed by atoms with Crippen LogP contribution in [0, 0.1) is 7.11 Å². The van der Waals surface area contributed by atoms with Gasteiger partial charge in [0.25, 0.3) is 0 Å². The number of hydrogen-bond donors (Lipinski definition) is 0. The van der Waals surface area contributed by atoms with Crippen LogP contribution in [0.4, 0.5) is 0 Å². The minimum atomic E-state index is -3.66. The summed E-state index contributed by atoms with van der Waals surface area (Å²) < 4.78 is 36.7. The van der Waals surface area contributed by atoms with Gasteiger partial charge in [-0.15, -0.1) is 0 Å². The van der Waals surface area contributed by atoms with Crippen LogP contribution in [0.5, 0.6) is 5.75 Å². The first-order chi connectivity index (χ1) is 11.6. The second-order valence-corrected chi connectivity index (χ2v) is 7.20. The van der Waals surface area contributed by atoms with Gasteiger partial charge in [0, 0.05) is 22.9 Å². The van der Waals surface area contributed by atoms with Crippen molar-refractivity contribution in [1.29, 1.82) is 0 Å². The molecule has 0 aromatic heterocycles. The fourth-order valence-corrected chi connectivity index (χ4v) is 4.31. The fourth-order valence-electron chi connectivity index (χ4n) is 2.78. The molecule has 3 aromatic carbocycles. The van der Waals surface area contributed by atoms with Gasteiger partial charge in [-0.3, -0.25) is 0 Å². The zero-order valence-electron chi connectivity index (χ0n) is 14.2. The second-order valence-electron chi connectivity index (χ2n) is 5.28. The predicted octanol–water partition coefficient (Wildman–Crippen LogP) is 0.993. The minimum absolute atomic E-state index is 0. The third kappa shape index (κ3) is 3.60. The van der Waals surface area contributed by atoms with Gasteiger partial charge in [0.05, 0.1) is 16.9 Å². The molecule has 0 N–H and O–H groups in total. The van der Waals surface area contributed by atoms with Crippen LogP contribution in [0.15, 0.2) is 70.5 Å². The summed E-state index contributed by atoms with van der Waals surface area (Å²) in [5, 5.41) is 1.34. The molecule has 0 aliphatic heterocycles. The molecule has 0 amide bonds. The SMILES string of the molecule is [CH2-]OCc1cc(S(=O)(=O)c2ccccc2)c2ccccc2c1OC.[Li+]. The third-order valence-electron chi connectivity index (χ3n) is 3.84. The summed E-state index contributed by atoms with van der Waals surface area (Å²) in [5.41, 5.74) is 0.640. The van der Waals surface area contributed by atoms with Crippen LogP contribution in [0.3, 0.4) is 0 Å². The average molecular weight is 348 g/mol. The maximum absolute atomic E-state index is 13.1. The van der Waals surface area contributed by atoms with Gasteiger partial charge in [-0.1, -0.05) is 42.5 Å². The van der Waals surface area contributed by atoms with Crippen molar-refractivity contribution in [3.8, 4) is 5.75 Å². The van der Waals surface area contributed by atoms with Crippen LogP contribution < -0.4 is 23.6 Å². The van der Waals surface area contributed by atoms with Gasteiger partial charge in [0.15, 0.2) is 0 Å². The molecule has 3 aromatic rings. The molecule has 4 nitrogen and oxygen atoms in total. The molecule has 0 radical (unpaired) electrons. The van der Waals surface area contributed by atoms with E-state index in [9.17, 15) is 8.42 Å². The second kappa shape index (κ2) is 8.07. The maximum atomic E-state index is 13.1. The van der Waals surface area contributed by atoms with Gasteiger partial charge in [-0.25, -0.2) is 15.5 Å². The Balaban J connectivity index is 0.00000225. The summed E-state index contributed by atoms with van der Waals surface area (Å²) in [4.78, 5) is 0.485. The molecule has 0 saturated heterocycles. The molecule has 0 bridgehead atoms.